The molecule has 1 aromatic rings. The van der Waals surface area contributed by atoms with E-state index in [2.05, 4.69) is 5.48 Å². The maximum absolute atomic E-state index is 9.61. The molecular formula is C13H19NO3. The van der Waals surface area contributed by atoms with Crippen LogP contribution in [0.4, 0.5) is 0 Å². The maximum atomic E-state index is 9.61. The first-order valence-corrected chi connectivity index (χ1v) is 5.74. The van der Waals surface area contributed by atoms with Crippen molar-refractivity contribution in [3.8, 4) is 11.5 Å². The van der Waals surface area contributed by atoms with E-state index in [1.165, 1.54) is 0 Å². The first kappa shape index (κ1) is 12.2. The van der Waals surface area contributed by atoms with Gasteiger partial charge in [0.2, 0.25) is 0 Å². The SMILES string of the molecule is CONC1Cc2cc(O)cc(C)c2OC1(C)C. The second kappa shape index (κ2) is 4.20. The van der Waals surface area contributed by atoms with Gasteiger partial charge in [-0.05, 0) is 50.5 Å². The van der Waals surface area contributed by atoms with E-state index < -0.39 is 0 Å². The molecule has 0 saturated carbocycles. The summed E-state index contributed by atoms with van der Waals surface area (Å²) in [6.45, 7) is 6.00. The summed E-state index contributed by atoms with van der Waals surface area (Å²) >= 11 is 0. The van der Waals surface area contributed by atoms with Gasteiger partial charge in [0, 0.05) is 0 Å². The summed E-state index contributed by atoms with van der Waals surface area (Å²) in [5.74, 6) is 1.16. The molecule has 1 unspecified atom stereocenters. The van der Waals surface area contributed by atoms with Gasteiger partial charge in [-0.15, -0.1) is 0 Å². The molecule has 0 saturated heterocycles. The lowest BCUT2D eigenvalue weighted by Gasteiger charge is -2.40. The van der Waals surface area contributed by atoms with Crippen molar-refractivity contribution in [2.45, 2.75) is 38.8 Å². The van der Waals surface area contributed by atoms with Gasteiger partial charge in [-0.25, -0.2) is 0 Å². The number of hydroxylamine groups is 1. The Labute approximate surface area is 102 Å². The topological polar surface area (TPSA) is 50.7 Å². The van der Waals surface area contributed by atoms with Crippen LogP contribution in [0.5, 0.6) is 11.5 Å². The van der Waals surface area contributed by atoms with Crippen molar-refractivity contribution in [3.63, 3.8) is 0 Å². The van der Waals surface area contributed by atoms with Crippen LogP contribution in [0.2, 0.25) is 0 Å². The summed E-state index contributed by atoms with van der Waals surface area (Å²) < 4.78 is 6.02. The Balaban J connectivity index is 2.39. The zero-order chi connectivity index (χ0) is 12.6. The van der Waals surface area contributed by atoms with Crippen LogP contribution in [0.15, 0.2) is 12.1 Å². The number of benzene rings is 1. The van der Waals surface area contributed by atoms with E-state index in [0.29, 0.717) is 0 Å². The van der Waals surface area contributed by atoms with E-state index in [1.807, 2.05) is 20.8 Å². The summed E-state index contributed by atoms with van der Waals surface area (Å²) in [4.78, 5) is 5.00. The molecule has 2 rings (SSSR count). The Bertz CT molecular complexity index is 429. The Hall–Kier alpha value is -1.26. The van der Waals surface area contributed by atoms with Crippen molar-refractivity contribution in [1.82, 2.24) is 5.48 Å². The van der Waals surface area contributed by atoms with Crippen LogP contribution >= 0.6 is 0 Å². The third-order valence-corrected chi connectivity index (χ3v) is 3.22. The number of phenolic OH excluding ortho intramolecular Hbond substituents is 1. The molecule has 1 aliphatic rings. The second-order valence-electron chi connectivity index (χ2n) is 5.04. The highest BCUT2D eigenvalue weighted by atomic mass is 16.6. The van der Waals surface area contributed by atoms with Gasteiger partial charge in [-0.2, -0.15) is 5.48 Å². The van der Waals surface area contributed by atoms with Gasteiger partial charge in [0.1, 0.15) is 17.1 Å². The molecule has 0 bridgehead atoms. The lowest BCUT2D eigenvalue weighted by atomic mass is 9.88. The van der Waals surface area contributed by atoms with Crippen LogP contribution in [0.1, 0.15) is 25.0 Å². The van der Waals surface area contributed by atoms with Crippen LogP contribution in [-0.2, 0) is 11.3 Å². The summed E-state index contributed by atoms with van der Waals surface area (Å²) in [6, 6.07) is 3.53. The van der Waals surface area contributed by atoms with Gasteiger partial charge in [0.25, 0.3) is 0 Å². The van der Waals surface area contributed by atoms with Crippen LogP contribution < -0.4 is 10.2 Å². The number of nitrogens with one attached hydrogen (secondary N) is 1. The predicted octanol–water partition coefficient (Wildman–Crippen LogP) is 1.93. The molecule has 4 heteroatoms. The summed E-state index contributed by atoms with van der Waals surface area (Å²) in [5, 5.41) is 9.61. The minimum absolute atomic E-state index is 0.0567. The van der Waals surface area contributed by atoms with E-state index in [4.69, 9.17) is 9.57 Å². The standard InChI is InChI=1S/C13H19NO3/c1-8-5-10(15)6-9-7-11(14-16-4)13(2,3)17-12(8)9/h5-6,11,14-15H,7H2,1-4H3. The van der Waals surface area contributed by atoms with Crippen molar-refractivity contribution in [2.24, 2.45) is 0 Å². The van der Waals surface area contributed by atoms with E-state index in [9.17, 15) is 5.11 Å². The third kappa shape index (κ3) is 2.23. The molecule has 1 aromatic carbocycles. The number of ether oxygens (including phenoxy) is 1. The fraction of sp³-hybridized carbons (Fsp3) is 0.538. The van der Waals surface area contributed by atoms with Gasteiger partial charge in [0.05, 0.1) is 13.2 Å². The zero-order valence-electron chi connectivity index (χ0n) is 10.7. The maximum Gasteiger partial charge on any atom is 0.126 e. The average Bonchev–Trinajstić information content (AvgIpc) is 2.21. The molecule has 4 nitrogen and oxygen atoms in total. The highest BCUT2D eigenvalue weighted by Crippen LogP contribution is 2.37. The predicted molar refractivity (Wildman–Crippen MR) is 65.2 cm³/mol. The summed E-state index contributed by atoms with van der Waals surface area (Å²) in [7, 11) is 1.60. The van der Waals surface area contributed by atoms with Gasteiger partial charge in [-0.3, -0.25) is 0 Å². The molecule has 0 radical (unpaired) electrons. The largest absolute Gasteiger partial charge is 0.508 e. The van der Waals surface area contributed by atoms with E-state index in [0.717, 1.165) is 23.3 Å². The van der Waals surface area contributed by atoms with Crippen LogP contribution in [0.3, 0.4) is 0 Å². The molecule has 0 aliphatic carbocycles. The highest BCUT2D eigenvalue weighted by molar-refractivity contribution is 5.48. The average molecular weight is 237 g/mol. The van der Waals surface area contributed by atoms with Crippen LogP contribution in [0, 0.1) is 6.92 Å². The fourth-order valence-electron chi connectivity index (χ4n) is 2.25. The van der Waals surface area contributed by atoms with Gasteiger partial charge < -0.3 is 14.7 Å². The Morgan fingerprint density at radius 2 is 2.18 bits per heavy atom. The minimum Gasteiger partial charge on any atom is -0.508 e. The van der Waals surface area contributed by atoms with E-state index in [-0.39, 0.29) is 17.4 Å². The Kier molecular flexibility index (Phi) is 3.02. The lowest BCUT2D eigenvalue weighted by Crippen LogP contribution is -2.54. The molecule has 2 N–H and O–H groups in total. The molecule has 0 spiro atoms. The van der Waals surface area contributed by atoms with Crippen molar-refractivity contribution < 1.29 is 14.7 Å². The number of phenols is 1. The van der Waals surface area contributed by atoms with Crippen molar-refractivity contribution >= 4 is 0 Å². The van der Waals surface area contributed by atoms with Crippen LogP contribution in [0.25, 0.3) is 0 Å². The summed E-state index contributed by atoms with van der Waals surface area (Å²) in [5.41, 5.74) is 4.58. The Morgan fingerprint density at radius 3 is 2.82 bits per heavy atom. The normalized spacial score (nSPS) is 21.8. The lowest BCUT2D eigenvalue weighted by molar-refractivity contribution is -0.0338. The number of hydrogen-bond donors (Lipinski definition) is 2. The van der Waals surface area contributed by atoms with Gasteiger partial charge in [-0.1, -0.05) is 0 Å². The quantitative estimate of drug-likeness (QED) is 0.772. The molecule has 0 fully saturated rings. The number of aromatic hydroxyl groups is 1. The van der Waals surface area contributed by atoms with Gasteiger partial charge in [0.15, 0.2) is 0 Å². The first-order valence-electron chi connectivity index (χ1n) is 5.74. The molecule has 1 aliphatic heterocycles. The van der Waals surface area contributed by atoms with E-state index in [1.54, 1.807) is 19.2 Å². The minimum atomic E-state index is -0.343. The first-order chi connectivity index (χ1) is 7.94. The van der Waals surface area contributed by atoms with Gasteiger partial charge >= 0.3 is 0 Å². The second-order valence-corrected chi connectivity index (χ2v) is 5.04. The summed E-state index contributed by atoms with van der Waals surface area (Å²) in [6.07, 6.45) is 0.769. The van der Waals surface area contributed by atoms with Crippen molar-refractivity contribution in [1.29, 1.82) is 0 Å². The Morgan fingerprint density at radius 1 is 1.47 bits per heavy atom. The number of rotatable bonds is 2. The molecule has 0 amide bonds. The highest BCUT2D eigenvalue weighted by Gasteiger charge is 2.37. The number of aryl methyl sites for hydroxylation is 1. The molecule has 0 aromatic heterocycles. The third-order valence-electron chi connectivity index (χ3n) is 3.22. The molecule has 17 heavy (non-hydrogen) atoms. The monoisotopic (exact) mass is 237 g/mol. The molecular weight excluding hydrogens is 218 g/mol. The van der Waals surface area contributed by atoms with E-state index >= 15 is 0 Å². The van der Waals surface area contributed by atoms with Crippen LogP contribution in [-0.4, -0.2) is 23.9 Å². The number of fused-ring (bicyclic) bond motifs is 1. The smallest absolute Gasteiger partial charge is 0.126 e. The zero-order valence-corrected chi connectivity index (χ0v) is 10.7. The number of hydrogen-bond acceptors (Lipinski definition) is 4. The van der Waals surface area contributed by atoms with Crippen molar-refractivity contribution in [2.75, 3.05) is 7.11 Å². The van der Waals surface area contributed by atoms with Crippen molar-refractivity contribution in [3.05, 3.63) is 23.3 Å². The molecule has 1 heterocycles. The molecule has 1 atom stereocenters. The molecule has 94 valence electrons. The fourth-order valence-corrected chi connectivity index (χ4v) is 2.25.